The van der Waals surface area contributed by atoms with Crippen molar-refractivity contribution in [1.82, 2.24) is 10.2 Å². The number of esters is 1. The fourth-order valence-corrected chi connectivity index (χ4v) is 3.74. The first-order valence-corrected chi connectivity index (χ1v) is 12.3. The highest BCUT2D eigenvalue weighted by molar-refractivity contribution is 5.82. The van der Waals surface area contributed by atoms with Gasteiger partial charge in [0.15, 0.2) is 0 Å². The average molecular weight is 494 g/mol. The maximum absolute atomic E-state index is 12.8. The molecule has 1 aliphatic heterocycles. The second-order valence-corrected chi connectivity index (χ2v) is 10.8. The van der Waals surface area contributed by atoms with Crippen LogP contribution in [-0.2, 0) is 25.4 Å². The number of β-amino-alcohol motifs (C(OH)–C–C–N with tert-alkyl or cyclic N) is 1. The Hall–Kier alpha value is -2.36. The van der Waals surface area contributed by atoms with E-state index >= 15 is 0 Å². The number of nitrogens with zero attached hydrogens (tertiary/aromatic N) is 2. The Labute approximate surface area is 209 Å². The smallest absolute Gasteiger partial charge is 0.408 e. The lowest BCUT2D eigenvalue weighted by Crippen LogP contribution is -2.53. The third-order valence-corrected chi connectivity index (χ3v) is 5.28. The van der Waals surface area contributed by atoms with Gasteiger partial charge in [0.05, 0.1) is 6.61 Å². The van der Waals surface area contributed by atoms with Gasteiger partial charge >= 0.3 is 12.1 Å². The largest absolute Gasteiger partial charge is 0.458 e. The van der Waals surface area contributed by atoms with E-state index in [4.69, 9.17) is 14.2 Å². The Balaban J connectivity index is 2.04. The molecule has 2 N–H and O–H groups in total. The fraction of sp³-hybridized carbons (Fsp3) is 0.692. The number of piperazine rings is 1. The quantitative estimate of drug-likeness (QED) is 0.400. The fourth-order valence-electron chi connectivity index (χ4n) is 3.74. The van der Waals surface area contributed by atoms with Gasteiger partial charge in [-0.15, -0.1) is 0 Å². The number of nitrogens with one attached hydrogen (secondary N) is 1. The summed E-state index contributed by atoms with van der Waals surface area (Å²) >= 11 is 0. The van der Waals surface area contributed by atoms with Gasteiger partial charge in [-0.25, -0.2) is 9.59 Å². The molecule has 0 unspecified atom stereocenters. The number of aliphatic hydroxyl groups is 1. The summed E-state index contributed by atoms with van der Waals surface area (Å²) in [6.07, 6.45) is -1.03. The molecule has 198 valence electrons. The van der Waals surface area contributed by atoms with Crippen molar-refractivity contribution in [3.05, 3.63) is 29.8 Å². The SMILES string of the molecule is CCOCCN1CCN(c2ccc(C[C@H](NC(=O)OC(C)(C)C)C(=O)OC(C)(C)C)cc2)[C@@H](O)C1. The molecule has 1 aromatic carbocycles. The first-order chi connectivity index (χ1) is 16.3. The van der Waals surface area contributed by atoms with Crippen molar-refractivity contribution in [3.63, 3.8) is 0 Å². The standard InChI is InChI=1S/C26H43N3O6/c1-8-33-16-15-28-13-14-29(22(30)18-28)20-11-9-19(10-12-20)17-21(23(31)34-25(2,3)4)27-24(32)35-26(5,6)7/h9-12,21-22,30H,8,13-18H2,1-7H3,(H,27,32)/t21-,22-/m0/s1. The summed E-state index contributed by atoms with van der Waals surface area (Å²) in [7, 11) is 0. The monoisotopic (exact) mass is 493 g/mol. The summed E-state index contributed by atoms with van der Waals surface area (Å²) in [5, 5.41) is 13.3. The van der Waals surface area contributed by atoms with Crippen LogP contribution in [0.25, 0.3) is 0 Å². The van der Waals surface area contributed by atoms with Crippen molar-refractivity contribution in [2.24, 2.45) is 0 Å². The third-order valence-electron chi connectivity index (χ3n) is 5.28. The van der Waals surface area contributed by atoms with Crippen LogP contribution < -0.4 is 10.2 Å². The number of rotatable bonds is 9. The van der Waals surface area contributed by atoms with Crippen LogP contribution in [0.2, 0.25) is 0 Å². The molecule has 9 nitrogen and oxygen atoms in total. The highest BCUT2D eigenvalue weighted by Gasteiger charge is 2.29. The number of ether oxygens (including phenoxy) is 3. The van der Waals surface area contributed by atoms with E-state index in [-0.39, 0.29) is 6.42 Å². The molecule has 2 rings (SSSR count). The van der Waals surface area contributed by atoms with Crippen LogP contribution >= 0.6 is 0 Å². The Morgan fingerprint density at radius 1 is 1.06 bits per heavy atom. The van der Waals surface area contributed by atoms with Crippen LogP contribution in [0.15, 0.2) is 24.3 Å². The molecule has 1 aliphatic rings. The number of benzene rings is 1. The van der Waals surface area contributed by atoms with Gasteiger partial charge in [-0.1, -0.05) is 12.1 Å². The Kier molecular flexibility index (Phi) is 10.4. The van der Waals surface area contributed by atoms with Gasteiger partial charge in [-0.05, 0) is 66.2 Å². The van der Waals surface area contributed by atoms with E-state index in [1.807, 2.05) is 36.1 Å². The number of carbonyl (C=O) groups is 2. The maximum Gasteiger partial charge on any atom is 0.408 e. The molecule has 0 aliphatic carbocycles. The first-order valence-electron chi connectivity index (χ1n) is 12.3. The molecule has 2 atom stereocenters. The predicted octanol–water partition coefficient (Wildman–Crippen LogP) is 2.94. The van der Waals surface area contributed by atoms with Crippen molar-refractivity contribution >= 4 is 17.7 Å². The number of aliphatic hydroxyl groups excluding tert-OH is 1. The van der Waals surface area contributed by atoms with E-state index in [0.29, 0.717) is 26.3 Å². The van der Waals surface area contributed by atoms with E-state index in [9.17, 15) is 14.7 Å². The molecule has 1 fully saturated rings. The molecule has 0 aromatic heterocycles. The van der Waals surface area contributed by atoms with Crippen molar-refractivity contribution in [2.45, 2.75) is 78.4 Å². The van der Waals surface area contributed by atoms with Gasteiger partial charge in [0, 0.05) is 44.9 Å². The van der Waals surface area contributed by atoms with Crippen LogP contribution in [0.3, 0.4) is 0 Å². The number of hydrogen-bond donors (Lipinski definition) is 2. The van der Waals surface area contributed by atoms with E-state index in [1.165, 1.54) is 0 Å². The summed E-state index contributed by atoms with van der Waals surface area (Å²) in [5.74, 6) is -0.522. The highest BCUT2D eigenvalue weighted by Crippen LogP contribution is 2.21. The van der Waals surface area contributed by atoms with Crippen LogP contribution in [0.5, 0.6) is 0 Å². The van der Waals surface area contributed by atoms with Crippen LogP contribution in [0.1, 0.15) is 54.0 Å². The number of alkyl carbamates (subject to hydrolysis) is 1. The van der Waals surface area contributed by atoms with Gasteiger partial charge in [0.2, 0.25) is 0 Å². The molecule has 1 saturated heterocycles. The Morgan fingerprint density at radius 2 is 1.69 bits per heavy atom. The van der Waals surface area contributed by atoms with Gasteiger partial charge in [-0.3, -0.25) is 4.90 Å². The maximum atomic E-state index is 12.8. The Bertz CT molecular complexity index is 816. The second-order valence-electron chi connectivity index (χ2n) is 10.8. The van der Waals surface area contributed by atoms with Gasteiger partial charge in [-0.2, -0.15) is 0 Å². The van der Waals surface area contributed by atoms with Crippen LogP contribution in [0, 0.1) is 0 Å². The molecule has 0 bridgehead atoms. The number of anilines is 1. The van der Waals surface area contributed by atoms with E-state index in [1.54, 1.807) is 41.5 Å². The summed E-state index contributed by atoms with van der Waals surface area (Å²) in [4.78, 5) is 29.3. The average Bonchev–Trinajstić information content (AvgIpc) is 2.72. The number of carbonyl (C=O) groups excluding carboxylic acids is 2. The molecule has 1 amide bonds. The first kappa shape index (κ1) is 28.9. The molecule has 1 heterocycles. The van der Waals surface area contributed by atoms with Gasteiger partial charge < -0.3 is 29.5 Å². The minimum Gasteiger partial charge on any atom is -0.458 e. The lowest BCUT2D eigenvalue weighted by molar-refractivity contribution is -0.157. The summed E-state index contributed by atoms with van der Waals surface area (Å²) in [6, 6.07) is 6.76. The Morgan fingerprint density at radius 3 is 2.23 bits per heavy atom. The predicted molar refractivity (Wildman–Crippen MR) is 135 cm³/mol. The molecule has 0 radical (unpaired) electrons. The second kappa shape index (κ2) is 12.6. The summed E-state index contributed by atoms with van der Waals surface area (Å²) in [5.41, 5.74) is 0.388. The molecule has 9 heteroatoms. The van der Waals surface area contributed by atoms with Crippen molar-refractivity contribution in [2.75, 3.05) is 44.3 Å². The lowest BCUT2D eigenvalue weighted by atomic mass is 10.0. The zero-order valence-corrected chi connectivity index (χ0v) is 22.3. The minimum absolute atomic E-state index is 0.252. The van der Waals surface area contributed by atoms with Crippen molar-refractivity contribution in [1.29, 1.82) is 0 Å². The molecule has 0 spiro atoms. The molecular formula is C26H43N3O6. The van der Waals surface area contributed by atoms with Crippen molar-refractivity contribution in [3.8, 4) is 0 Å². The third kappa shape index (κ3) is 10.4. The van der Waals surface area contributed by atoms with Crippen LogP contribution in [-0.4, -0.2) is 84.9 Å². The van der Waals surface area contributed by atoms with Crippen LogP contribution in [0.4, 0.5) is 10.5 Å². The summed E-state index contributed by atoms with van der Waals surface area (Å²) in [6.45, 7) is 16.9. The lowest BCUT2D eigenvalue weighted by Gasteiger charge is -2.40. The normalized spacial score (nSPS) is 18.2. The highest BCUT2D eigenvalue weighted by atomic mass is 16.6. The molecule has 35 heavy (non-hydrogen) atoms. The zero-order chi connectivity index (χ0) is 26.2. The number of amides is 1. The van der Waals surface area contributed by atoms with E-state index < -0.39 is 35.5 Å². The molecule has 0 saturated carbocycles. The number of hydrogen-bond acceptors (Lipinski definition) is 8. The van der Waals surface area contributed by atoms with Gasteiger partial charge in [0.25, 0.3) is 0 Å². The van der Waals surface area contributed by atoms with Crippen molar-refractivity contribution < 1.29 is 28.9 Å². The zero-order valence-electron chi connectivity index (χ0n) is 22.3. The topological polar surface area (TPSA) is 101 Å². The molecule has 1 aromatic rings. The van der Waals surface area contributed by atoms with E-state index in [0.717, 1.165) is 24.3 Å². The molecular weight excluding hydrogens is 450 g/mol. The van der Waals surface area contributed by atoms with Gasteiger partial charge in [0.1, 0.15) is 23.5 Å². The van der Waals surface area contributed by atoms with E-state index in [2.05, 4.69) is 10.2 Å². The minimum atomic E-state index is -0.894. The summed E-state index contributed by atoms with van der Waals surface area (Å²) < 4.78 is 16.3.